The highest BCUT2D eigenvalue weighted by Crippen LogP contribution is 2.33. The predicted octanol–water partition coefficient (Wildman–Crippen LogP) is 5.78. The van der Waals surface area contributed by atoms with Crippen LogP contribution in [0, 0.1) is 20.8 Å². The van der Waals surface area contributed by atoms with Gasteiger partial charge in [0.25, 0.3) is 0 Å². The molecule has 0 N–H and O–H groups in total. The molecule has 3 rings (SSSR count). The SMILES string of the molecule is Cc1cc(C)c(C(Oc2ccccc2)c2ccccc2)c(C)c1. The number of para-hydroxylation sites is 1. The zero-order valence-corrected chi connectivity index (χ0v) is 13.9. The summed E-state index contributed by atoms with van der Waals surface area (Å²) < 4.78 is 6.39. The molecule has 116 valence electrons. The molecule has 0 aromatic heterocycles. The molecular weight excluding hydrogens is 280 g/mol. The molecule has 0 fully saturated rings. The lowest BCUT2D eigenvalue weighted by Crippen LogP contribution is -2.13. The minimum Gasteiger partial charge on any atom is -0.481 e. The maximum atomic E-state index is 6.39. The fourth-order valence-corrected chi connectivity index (χ4v) is 3.16. The molecule has 0 amide bonds. The lowest BCUT2D eigenvalue weighted by molar-refractivity contribution is 0.245. The van der Waals surface area contributed by atoms with E-state index in [2.05, 4.69) is 57.2 Å². The van der Waals surface area contributed by atoms with Gasteiger partial charge in [0.15, 0.2) is 0 Å². The van der Waals surface area contributed by atoms with Gasteiger partial charge < -0.3 is 4.74 Å². The van der Waals surface area contributed by atoms with Gasteiger partial charge in [-0.3, -0.25) is 0 Å². The lowest BCUT2D eigenvalue weighted by atomic mass is 9.91. The first kappa shape index (κ1) is 15.4. The monoisotopic (exact) mass is 302 g/mol. The molecule has 0 spiro atoms. The third kappa shape index (κ3) is 3.45. The summed E-state index contributed by atoms with van der Waals surface area (Å²) in [5.41, 5.74) is 6.26. The molecule has 0 heterocycles. The van der Waals surface area contributed by atoms with E-state index in [-0.39, 0.29) is 6.10 Å². The van der Waals surface area contributed by atoms with E-state index in [0.717, 1.165) is 5.75 Å². The average molecular weight is 302 g/mol. The van der Waals surface area contributed by atoms with Gasteiger partial charge in [0.2, 0.25) is 0 Å². The zero-order valence-electron chi connectivity index (χ0n) is 13.9. The molecule has 0 radical (unpaired) electrons. The second kappa shape index (κ2) is 6.70. The maximum absolute atomic E-state index is 6.39. The molecule has 0 saturated carbocycles. The predicted molar refractivity (Wildman–Crippen MR) is 96.0 cm³/mol. The van der Waals surface area contributed by atoms with Crippen LogP contribution in [0.4, 0.5) is 0 Å². The third-order valence-electron chi connectivity index (χ3n) is 4.10. The van der Waals surface area contributed by atoms with Crippen molar-refractivity contribution in [1.82, 2.24) is 0 Å². The number of hydrogen-bond donors (Lipinski definition) is 0. The van der Waals surface area contributed by atoms with Crippen molar-refractivity contribution < 1.29 is 4.74 Å². The highest BCUT2D eigenvalue weighted by atomic mass is 16.5. The van der Waals surface area contributed by atoms with E-state index >= 15 is 0 Å². The van der Waals surface area contributed by atoms with Crippen molar-refractivity contribution in [2.45, 2.75) is 26.9 Å². The van der Waals surface area contributed by atoms with E-state index in [0.29, 0.717) is 0 Å². The molecule has 0 saturated heterocycles. The summed E-state index contributed by atoms with van der Waals surface area (Å²) in [6, 6.07) is 24.9. The molecule has 3 aromatic carbocycles. The highest BCUT2D eigenvalue weighted by Gasteiger charge is 2.20. The van der Waals surface area contributed by atoms with Crippen LogP contribution >= 0.6 is 0 Å². The van der Waals surface area contributed by atoms with Crippen LogP contribution in [0.3, 0.4) is 0 Å². The van der Waals surface area contributed by atoms with Crippen molar-refractivity contribution in [2.24, 2.45) is 0 Å². The Kier molecular flexibility index (Phi) is 4.47. The van der Waals surface area contributed by atoms with Crippen LogP contribution < -0.4 is 4.74 Å². The Hall–Kier alpha value is -2.54. The molecular formula is C22H22O. The van der Waals surface area contributed by atoms with Crippen LogP contribution in [0.2, 0.25) is 0 Å². The van der Waals surface area contributed by atoms with Gasteiger partial charge in [0.1, 0.15) is 11.9 Å². The Labute approximate surface area is 138 Å². The summed E-state index contributed by atoms with van der Waals surface area (Å²) in [5, 5.41) is 0. The first-order valence-electron chi connectivity index (χ1n) is 7.99. The van der Waals surface area contributed by atoms with E-state index < -0.39 is 0 Å². The standard InChI is InChI=1S/C22H22O/c1-16-14-17(2)21(18(3)15-16)22(19-10-6-4-7-11-19)23-20-12-8-5-9-13-20/h4-15,22H,1-3H3. The van der Waals surface area contributed by atoms with E-state index in [9.17, 15) is 0 Å². The first-order chi connectivity index (χ1) is 11.1. The fraction of sp³-hybridized carbons (Fsp3) is 0.182. The topological polar surface area (TPSA) is 9.23 Å². The largest absolute Gasteiger partial charge is 0.481 e. The molecule has 1 heteroatoms. The van der Waals surface area contributed by atoms with Crippen molar-refractivity contribution in [1.29, 1.82) is 0 Å². The van der Waals surface area contributed by atoms with Gasteiger partial charge in [-0.25, -0.2) is 0 Å². The summed E-state index contributed by atoms with van der Waals surface area (Å²) >= 11 is 0. The second-order valence-electron chi connectivity index (χ2n) is 6.03. The Morgan fingerprint density at radius 3 is 1.78 bits per heavy atom. The van der Waals surface area contributed by atoms with Gasteiger partial charge in [-0.1, -0.05) is 66.2 Å². The van der Waals surface area contributed by atoms with Crippen molar-refractivity contribution in [3.8, 4) is 5.75 Å². The van der Waals surface area contributed by atoms with Gasteiger partial charge in [0.05, 0.1) is 0 Å². The number of ether oxygens (including phenoxy) is 1. The molecule has 3 aromatic rings. The molecule has 23 heavy (non-hydrogen) atoms. The molecule has 1 unspecified atom stereocenters. The molecule has 0 aliphatic heterocycles. The Bertz CT molecular complexity index is 753. The normalized spacial score (nSPS) is 12.0. The smallest absolute Gasteiger partial charge is 0.149 e. The van der Waals surface area contributed by atoms with Crippen LogP contribution in [0.5, 0.6) is 5.75 Å². The summed E-state index contributed by atoms with van der Waals surface area (Å²) in [4.78, 5) is 0. The number of rotatable bonds is 4. The highest BCUT2D eigenvalue weighted by molar-refractivity contribution is 5.44. The van der Waals surface area contributed by atoms with E-state index in [1.165, 1.54) is 27.8 Å². The minimum absolute atomic E-state index is 0.0980. The van der Waals surface area contributed by atoms with Crippen LogP contribution in [0.25, 0.3) is 0 Å². The van der Waals surface area contributed by atoms with E-state index in [1.807, 2.05) is 36.4 Å². The van der Waals surface area contributed by atoms with E-state index in [1.54, 1.807) is 0 Å². The first-order valence-corrected chi connectivity index (χ1v) is 7.99. The molecule has 0 aliphatic carbocycles. The minimum atomic E-state index is -0.0980. The summed E-state index contributed by atoms with van der Waals surface area (Å²) in [6.45, 7) is 6.47. The lowest BCUT2D eigenvalue weighted by Gasteiger charge is -2.24. The average Bonchev–Trinajstić information content (AvgIpc) is 2.55. The van der Waals surface area contributed by atoms with Gasteiger partial charge in [-0.15, -0.1) is 0 Å². The summed E-state index contributed by atoms with van der Waals surface area (Å²) in [6.07, 6.45) is -0.0980. The maximum Gasteiger partial charge on any atom is 0.149 e. The molecule has 1 atom stereocenters. The van der Waals surface area contributed by atoms with Gasteiger partial charge in [0, 0.05) is 5.56 Å². The summed E-state index contributed by atoms with van der Waals surface area (Å²) in [7, 11) is 0. The van der Waals surface area contributed by atoms with Gasteiger partial charge in [-0.2, -0.15) is 0 Å². The quantitative estimate of drug-likeness (QED) is 0.593. The Balaban J connectivity index is 2.09. The van der Waals surface area contributed by atoms with Crippen molar-refractivity contribution >= 4 is 0 Å². The second-order valence-corrected chi connectivity index (χ2v) is 6.03. The van der Waals surface area contributed by atoms with E-state index in [4.69, 9.17) is 4.74 Å². The Morgan fingerprint density at radius 2 is 1.22 bits per heavy atom. The van der Waals surface area contributed by atoms with Crippen LogP contribution in [-0.2, 0) is 0 Å². The molecule has 0 bridgehead atoms. The Morgan fingerprint density at radius 1 is 0.696 bits per heavy atom. The number of hydrogen-bond acceptors (Lipinski definition) is 1. The van der Waals surface area contributed by atoms with Crippen LogP contribution in [0.15, 0.2) is 72.8 Å². The van der Waals surface area contributed by atoms with Crippen molar-refractivity contribution in [3.63, 3.8) is 0 Å². The zero-order chi connectivity index (χ0) is 16.2. The van der Waals surface area contributed by atoms with Crippen LogP contribution in [-0.4, -0.2) is 0 Å². The fourth-order valence-electron chi connectivity index (χ4n) is 3.16. The molecule has 0 aliphatic rings. The van der Waals surface area contributed by atoms with Crippen molar-refractivity contribution in [3.05, 3.63) is 101 Å². The van der Waals surface area contributed by atoms with Crippen molar-refractivity contribution in [2.75, 3.05) is 0 Å². The summed E-state index contributed by atoms with van der Waals surface area (Å²) in [5.74, 6) is 0.890. The van der Waals surface area contributed by atoms with Gasteiger partial charge >= 0.3 is 0 Å². The third-order valence-corrected chi connectivity index (χ3v) is 4.10. The number of aryl methyl sites for hydroxylation is 3. The molecule has 1 nitrogen and oxygen atoms in total. The number of benzene rings is 3. The van der Waals surface area contributed by atoms with Gasteiger partial charge in [-0.05, 0) is 49.6 Å². The van der Waals surface area contributed by atoms with Crippen LogP contribution in [0.1, 0.15) is 33.9 Å².